The Morgan fingerprint density at radius 3 is 2.37 bits per heavy atom. The topological polar surface area (TPSA) is 95.5 Å². The van der Waals surface area contributed by atoms with Gasteiger partial charge in [0.05, 0.1) is 22.5 Å². The third-order valence-corrected chi connectivity index (χ3v) is 7.39. The summed E-state index contributed by atoms with van der Waals surface area (Å²) in [6.45, 7) is 2.30. The third-order valence-electron chi connectivity index (χ3n) is 7.07. The lowest BCUT2D eigenvalue weighted by Gasteiger charge is -2.36. The van der Waals surface area contributed by atoms with E-state index in [1.54, 1.807) is 41.3 Å². The molecule has 2 fully saturated rings. The van der Waals surface area contributed by atoms with Gasteiger partial charge in [-0.05, 0) is 42.7 Å². The molecule has 2 heterocycles. The zero-order valence-electron chi connectivity index (χ0n) is 19.3. The molecule has 9 heteroatoms. The molecule has 1 saturated heterocycles. The van der Waals surface area contributed by atoms with Gasteiger partial charge < -0.3 is 9.80 Å². The maximum atomic E-state index is 13.2. The summed E-state index contributed by atoms with van der Waals surface area (Å²) in [7, 11) is 0. The van der Waals surface area contributed by atoms with E-state index < -0.39 is 11.2 Å². The maximum Gasteiger partial charge on any atom is 0.329 e. The highest BCUT2D eigenvalue weighted by atomic mass is 35.5. The van der Waals surface area contributed by atoms with E-state index in [2.05, 4.69) is 4.98 Å². The predicted octanol–water partition coefficient (Wildman–Crippen LogP) is 2.87. The van der Waals surface area contributed by atoms with Gasteiger partial charge in [0.2, 0.25) is 5.91 Å². The smallest absolute Gasteiger partial charge is 0.329 e. The molecule has 2 aliphatic rings. The molecule has 8 nitrogen and oxygen atoms in total. The average molecular weight is 495 g/mol. The molecule has 0 bridgehead atoms. The molecule has 5 rings (SSSR count). The van der Waals surface area contributed by atoms with Crippen LogP contribution in [0.25, 0.3) is 10.9 Å². The van der Waals surface area contributed by atoms with E-state index in [9.17, 15) is 19.2 Å². The Balaban J connectivity index is 1.32. The summed E-state index contributed by atoms with van der Waals surface area (Å²) in [6.07, 6.45) is 4.20. The van der Waals surface area contributed by atoms with E-state index in [0.717, 1.165) is 31.2 Å². The Bertz CT molecular complexity index is 1400. The fraction of sp³-hybridized carbons (Fsp3) is 0.385. The monoisotopic (exact) mass is 494 g/mol. The molecule has 0 unspecified atom stereocenters. The number of fused-ring (bicyclic) bond motifs is 1. The van der Waals surface area contributed by atoms with Gasteiger partial charge in [-0.15, -0.1) is 0 Å². The number of halogens is 1. The molecule has 182 valence electrons. The van der Waals surface area contributed by atoms with E-state index in [0.29, 0.717) is 37.3 Å². The van der Waals surface area contributed by atoms with Gasteiger partial charge in [-0.2, -0.15) is 0 Å². The van der Waals surface area contributed by atoms with Crippen LogP contribution < -0.4 is 11.2 Å². The normalized spacial score (nSPS) is 16.7. The number of nitrogens with one attached hydrogen (secondary N) is 1. The van der Waals surface area contributed by atoms with Gasteiger partial charge in [-0.1, -0.05) is 42.6 Å². The van der Waals surface area contributed by atoms with Crippen LogP contribution in [0, 0.1) is 5.92 Å². The van der Waals surface area contributed by atoms with Crippen LogP contribution in [0.2, 0.25) is 5.02 Å². The number of nitrogens with zero attached hydrogens (tertiary/aromatic N) is 3. The first-order valence-electron chi connectivity index (χ1n) is 12.0. The van der Waals surface area contributed by atoms with Crippen LogP contribution in [0.15, 0.2) is 52.1 Å². The number of hydrogen-bond donors (Lipinski definition) is 1. The molecule has 35 heavy (non-hydrogen) atoms. The van der Waals surface area contributed by atoms with Gasteiger partial charge in [0.15, 0.2) is 0 Å². The first-order chi connectivity index (χ1) is 16.9. The largest absolute Gasteiger partial charge is 0.339 e. The molecule has 1 aliphatic carbocycles. The number of piperazine rings is 1. The van der Waals surface area contributed by atoms with Crippen LogP contribution in [0.4, 0.5) is 0 Å². The lowest BCUT2D eigenvalue weighted by atomic mass is 10.1. The summed E-state index contributed by atoms with van der Waals surface area (Å²) in [5.41, 5.74) is 0.649. The SMILES string of the molecule is O=C(c1cccc(Cn2c(=O)[nH]c(=O)c3c(Cl)cccc32)c1)N1CCN(C(=O)C2CCCC2)CC1. The van der Waals surface area contributed by atoms with Gasteiger partial charge in [-0.3, -0.25) is 23.9 Å². The fourth-order valence-corrected chi connectivity index (χ4v) is 5.44. The lowest BCUT2D eigenvalue weighted by molar-refractivity contribution is -0.136. The lowest BCUT2D eigenvalue weighted by Crippen LogP contribution is -2.51. The van der Waals surface area contributed by atoms with Gasteiger partial charge in [0.25, 0.3) is 11.5 Å². The summed E-state index contributed by atoms with van der Waals surface area (Å²) in [5.74, 6) is 0.285. The molecule has 0 radical (unpaired) electrons. The molecule has 1 aliphatic heterocycles. The van der Waals surface area contributed by atoms with Crippen LogP contribution in [0.3, 0.4) is 0 Å². The molecular formula is C26H27ClN4O4. The molecule has 1 N–H and O–H groups in total. The number of amides is 2. The summed E-state index contributed by atoms with van der Waals surface area (Å²) in [6, 6.07) is 12.1. The first kappa shape index (κ1) is 23.4. The Hall–Kier alpha value is -3.39. The summed E-state index contributed by atoms with van der Waals surface area (Å²) in [4.78, 5) is 56.7. The molecule has 1 aromatic heterocycles. The van der Waals surface area contributed by atoms with E-state index in [-0.39, 0.29) is 34.7 Å². The van der Waals surface area contributed by atoms with Crippen molar-refractivity contribution in [2.45, 2.75) is 32.2 Å². The van der Waals surface area contributed by atoms with Crippen molar-refractivity contribution in [3.05, 3.63) is 79.5 Å². The maximum absolute atomic E-state index is 13.2. The second-order valence-electron chi connectivity index (χ2n) is 9.28. The second kappa shape index (κ2) is 9.70. The summed E-state index contributed by atoms with van der Waals surface area (Å²) in [5, 5.41) is 0.526. The van der Waals surface area contributed by atoms with Crippen molar-refractivity contribution < 1.29 is 9.59 Å². The van der Waals surface area contributed by atoms with Gasteiger partial charge in [-0.25, -0.2) is 4.79 Å². The number of carbonyl (C=O) groups excluding carboxylic acids is 2. The van der Waals surface area contributed by atoms with E-state index in [4.69, 9.17) is 11.6 Å². The minimum Gasteiger partial charge on any atom is -0.339 e. The van der Waals surface area contributed by atoms with Crippen molar-refractivity contribution >= 4 is 34.3 Å². The molecule has 3 aromatic rings. The summed E-state index contributed by atoms with van der Waals surface area (Å²) >= 11 is 6.20. The van der Waals surface area contributed by atoms with Crippen molar-refractivity contribution in [2.75, 3.05) is 26.2 Å². The Morgan fingerprint density at radius 2 is 1.63 bits per heavy atom. The highest BCUT2D eigenvalue weighted by molar-refractivity contribution is 6.35. The number of benzene rings is 2. The number of carbonyl (C=O) groups is 2. The molecule has 2 amide bonds. The van der Waals surface area contributed by atoms with Crippen molar-refractivity contribution in [2.24, 2.45) is 5.92 Å². The van der Waals surface area contributed by atoms with Crippen LogP contribution in [0.5, 0.6) is 0 Å². The molecule has 0 atom stereocenters. The number of hydrogen-bond acceptors (Lipinski definition) is 4. The zero-order chi connectivity index (χ0) is 24.5. The molecular weight excluding hydrogens is 468 g/mol. The standard InChI is InChI=1S/C26H27ClN4O4/c27-20-9-4-10-21-22(20)23(32)28-26(35)31(21)16-17-5-3-8-19(15-17)25(34)30-13-11-29(12-14-30)24(33)18-6-1-2-7-18/h3-5,8-10,15,18H,1-2,6-7,11-14,16H2,(H,28,32,35). The predicted molar refractivity (Wildman–Crippen MR) is 134 cm³/mol. The Labute approximate surface area is 207 Å². The number of rotatable bonds is 4. The van der Waals surface area contributed by atoms with Gasteiger partial charge >= 0.3 is 5.69 Å². The number of aromatic amines is 1. The third kappa shape index (κ3) is 4.62. The van der Waals surface area contributed by atoms with E-state index in [1.807, 2.05) is 11.0 Å². The second-order valence-corrected chi connectivity index (χ2v) is 9.69. The van der Waals surface area contributed by atoms with Crippen molar-refractivity contribution in [1.82, 2.24) is 19.4 Å². The highest BCUT2D eigenvalue weighted by Crippen LogP contribution is 2.27. The quantitative estimate of drug-likeness (QED) is 0.603. The average Bonchev–Trinajstić information content (AvgIpc) is 3.41. The van der Waals surface area contributed by atoms with Gasteiger partial charge in [0.1, 0.15) is 0 Å². The van der Waals surface area contributed by atoms with Crippen molar-refractivity contribution in [3.8, 4) is 0 Å². The fourth-order valence-electron chi connectivity index (χ4n) is 5.18. The number of aromatic nitrogens is 2. The van der Waals surface area contributed by atoms with E-state index in [1.165, 1.54) is 4.57 Å². The van der Waals surface area contributed by atoms with Crippen LogP contribution in [0.1, 0.15) is 41.6 Å². The highest BCUT2D eigenvalue weighted by Gasteiger charge is 2.30. The minimum absolute atomic E-state index is 0.0958. The first-order valence-corrected chi connectivity index (χ1v) is 12.4. The molecule has 0 spiro atoms. The molecule has 1 saturated carbocycles. The summed E-state index contributed by atoms with van der Waals surface area (Å²) < 4.78 is 1.44. The van der Waals surface area contributed by atoms with Crippen LogP contribution in [-0.4, -0.2) is 57.3 Å². The van der Waals surface area contributed by atoms with Crippen LogP contribution >= 0.6 is 11.6 Å². The van der Waals surface area contributed by atoms with E-state index >= 15 is 0 Å². The zero-order valence-corrected chi connectivity index (χ0v) is 20.1. The van der Waals surface area contributed by atoms with Crippen LogP contribution in [-0.2, 0) is 11.3 Å². The Morgan fingerprint density at radius 1 is 0.943 bits per heavy atom. The molecule has 2 aromatic carbocycles. The van der Waals surface area contributed by atoms with Crippen molar-refractivity contribution in [1.29, 1.82) is 0 Å². The minimum atomic E-state index is -0.537. The number of H-pyrrole nitrogens is 1. The van der Waals surface area contributed by atoms with Crippen molar-refractivity contribution in [3.63, 3.8) is 0 Å². The van der Waals surface area contributed by atoms with Gasteiger partial charge in [0, 0.05) is 37.7 Å². The Kier molecular flexibility index (Phi) is 6.47.